The lowest BCUT2D eigenvalue weighted by atomic mass is 10.6. The molecule has 0 bridgehead atoms. The van der Waals surface area contributed by atoms with Crippen molar-refractivity contribution >= 4 is 57.5 Å². The van der Waals surface area contributed by atoms with Gasteiger partial charge in [-0.05, 0) is 6.04 Å². The molecule has 0 aromatic rings. The summed E-state index contributed by atoms with van der Waals surface area (Å²) in [6.45, 7) is 61.2. The van der Waals surface area contributed by atoms with Gasteiger partial charge in [0, 0.05) is 0 Å². The lowest BCUT2D eigenvalue weighted by Crippen LogP contribution is -2.70. The Bertz CT molecular complexity index is 774. The van der Waals surface area contributed by atoms with E-state index in [2.05, 4.69) is 152 Å². The third-order valence-electron chi connectivity index (χ3n) is 7.36. The van der Waals surface area contributed by atoms with Crippen LogP contribution in [0.1, 0.15) is 0 Å². The molecule has 0 aromatic carbocycles. The average Bonchev–Trinajstić information content (AvgIpc) is 2.59. The van der Waals surface area contributed by atoms with Crippen LogP contribution in [0.15, 0.2) is 48.9 Å². The number of allylic oxidation sites excluding steroid dienone is 4. The van der Waals surface area contributed by atoms with Crippen LogP contribution in [0.2, 0.25) is 130 Å². The second-order valence-electron chi connectivity index (χ2n) is 16.6. The summed E-state index contributed by atoms with van der Waals surface area (Å²) in [5, 5.41) is 2.59. The van der Waals surface area contributed by atoms with Crippen molar-refractivity contribution in [2.24, 2.45) is 0 Å². The third kappa shape index (κ3) is 12.2. The molecular formula is C28H68N2Si7. The highest BCUT2D eigenvalue weighted by molar-refractivity contribution is 7.06. The number of nitrogens with zero attached hydrogens (tertiary/aromatic N) is 2. The predicted molar refractivity (Wildman–Crippen MR) is 198 cm³/mol. The maximum atomic E-state index is 4.25. The fourth-order valence-electron chi connectivity index (χ4n) is 7.07. The molecule has 0 spiro atoms. The van der Waals surface area contributed by atoms with Gasteiger partial charge in [-0.3, -0.25) is 0 Å². The van der Waals surface area contributed by atoms with Crippen LogP contribution in [-0.2, 0) is 0 Å². The molecule has 0 radical (unpaired) electrons. The van der Waals surface area contributed by atoms with Crippen LogP contribution in [0, 0.1) is 0 Å². The number of hydrogen-bond donors (Lipinski definition) is 0. The molecule has 218 valence electrons. The Morgan fingerprint density at radius 1 is 0.486 bits per heavy atom. The molecule has 0 saturated carbocycles. The van der Waals surface area contributed by atoms with Gasteiger partial charge in [-0.2, -0.15) is 0 Å². The first-order valence-corrected chi connectivity index (χ1v) is 37.2. The maximum Gasteiger partial charge on any atom is 0.140 e. The minimum Gasteiger partial charge on any atom is -0.369 e. The molecular weight excluding hydrogens is 561 g/mol. The zero-order valence-corrected chi connectivity index (χ0v) is 35.8. The number of hydrogen-bond acceptors (Lipinski definition) is 2. The lowest BCUT2D eigenvalue weighted by molar-refractivity contribution is 0.878. The van der Waals surface area contributed by atoms with E-state index in [0.29, 0.717) is 0 Å². The summed E-state index contributed by atoms with van der Waals surface area (Å²) in [6, 6.07) is 2.77. The molecule has 0 fully saturated rings. The minimum absolute atomic E-state index is 1.26. The molecule has 0 heterocycles. The van der Waals surface area contributed by atoms with Gasteiger partial charge in [0.2, 0.25) is 0 Å². The summed E-state index contributed by atoms with van der Waals surface area (Å²) in [5.74, 6) is 0. The van der Waals surface area contributed by atoms with Crippen LogP contribution in [-0.4, -0.2) is 65.3 Å². The molecule has 37 heavy (non-hydrogen) atoms. The smallest absolute Gasteiger partial charge is 0.140 e. The highest BCUT2D eigenvalue weighted by Gasteiger charge is 2.46. The van der Waals surface area contributed by atoms with Gasteiger partial charge in [0.15, 0.2) is 0 Å². The van der Waals surface area contributed by atoms with Gasteiger partial charge >= 0.3 is 0 Å². The van der Waals surface area contributed by atoms with E-state index in [1.807, 2.05) is 12.2 Å². The summed E-state index contributed by atoms with van der Waals surface area (Å²) < 4.78 is 6.01. The van der Waals surface area contributed by atoms with E-state index in [9.17, 15) is 0 Å². The molecule has 0 aliphatic heterocycles. The third-order valence-corrected chi connectivity index (χ3v) is 45.3. The second-order valence-corrected chi connectivity index (χ2v) is 52.1. The van der Waals surface area contributed by atoms with E-state index in [0.717, 1.165) is 0 Å². The van der Waals surface area contributed by atoms with E-state index in [1.165, 1.54) is 22.5 Å². The highest BCUT2D eigenvalue weighted by atomic mass is 28.5. The van der Waals surface area contributed by atoms with Crippen LogP contribution >= 0.6 is 0 Å². The summed E-state index contributed by atoms with van der Waals surface area (Å²) >= 11 is 0. The van der Waals surface area contributed by atoms with Crippen molar-refractivity contribution in [2.45, 2.75) is 130 Å². The molecule has 0 atom stereocenters. The van der Waals surface area contributed by atoms with Crippen LogP contribution < -0.4 is 0 Å². The first-order valence-electron chi connectivity index (χ1n) is 14.1. The first kappa shape index (κ1) is 39.5. The van der Waals surface area contributed by atoms with E-state index in [-0.39, 0.29) is 0 Å². The maximum absolute atomic E-state index is 4.25. The second kappa shape index (κ2) is 13.4. The molecule has 0 saturated heterocycles. The van der Waals surface area contributed by atoms with Crippen molar-refractivity contribution in [3.8, 4) is 0 Å². The van der Waals surface area contributed by atoms with E-state index >= 15 is 0 Å². The van der Waals surface area contributed by atoms with Crippen LogP contribution in [0.25, 0.3) is 0 Å². The largest absolute Gasteiger partial charge is 0.369 e. The molecule has 0 aliphatic carbocycles. The molecule has 0 aliphatic rings. The van der Waals surface area contributed by atoms with Crippen molar-refractivity contribution in [1.82, 2.24) is 7.79 Å². The molecule has 2 nitrogen and oxygen atoms in total. The Morgan fingerprint density at radius 3 is 1.03 bits per heavy atom. The zero-order chi connectivity index (χ0) is 30.6. The molecule has 9 heteroatoms. The highest BCUT2D eigenvalue weighted by Crippen LogP contribution is 2.34. The normalized spacial score (nSPS) is 14.3. The summed E-state index contributed by atoms with van der Waals surface area (Å²) in [7, 11) is -9.37. The Hall–Kier alpha value is 0.398. The fourth-order valence-corrected chi connectivity index (χ4v) is 59.5. The minimum atomic E-state index is -1.56. The van der Waals surface area contributed by atoms with Gasteiger partial charge in [-0.15, -0.1) is 0 Å². The Balaban J connectivity index is 0. The zero-order valence-electron chi connectivity index (χ0n) is 28.8. The van der Waals surface area contributed by atoms with Crippen LogP contribution in [0.3, 0.4) is 0 Å². The van der Waals surface area contributed by atoms with E-state index in [1.54, 1.807) is 0 Å². The van der Waals surface area contributed by atoms with Gasteiger partial charge < -0.3 is 7.79 Å². The van der Waals surface area contributed by atoms with Crippen LogP contribution in [0.5, 0.6) is 0 Å². The topological polar surface area (TPSA) is 6.48 Å². The van der Waals surface area contributed by atoms with Crippen molar-refractivity contribution in [3.05, 3.63) is 48.9 Å². The molecule has 0 unspecified atom stereocenters. The fraction of sp³-hybridized carbons (Fsp3) is 0.714. The summed E-state index contributed by atoms with van der Waals surface area (Å²) in [6.07, 6.45) is 3.97. The lowest BCUT2D eigenvalue weighted by Gasteiger charge is -2.53. The Kier molecular flexibility index (Phi) is 14.3. The van der Waals surface area contributed by atoms with Gasteiger partial charge in [0.25, 0.3) is 0 Å². The van der Waals surface area contributed by atoms with Gasteiger partial charge in [-0.1, -0.05) is 173 Å². The van der Waals surface area contributed by atoms with E-state index in [4.69, 9.17) is 0 Å². The van der Waals surface area contributed by atoms with Crippen molar-refractivity contribution in [2.75, 3.05) is 0 Å². The Morgan fingerprint density at radius 2 is 0.784 bits per heavy atom. The van der Waals surface area contributed by atoms with Crippen molar-refractivity contribution in [3.63, 3.8) is 0 Å². The molecule has 0 rings (SSSR count). The number of rotatable bonds is 13. The standard InChI is InChI=1S/C16H39NSi4.C12H29NSi3/c1-13-16(2)20(9,10)14-15-21(11,12)17(18(3,4)5)19(6,7)8;1-11-12(2)16(9,10)13(14(3,4)5)15(6,7)8/h13H,1-2,14-15H2,3-12H3;11H,1-2H2,3-10H3. The molecule has 0 amide bonds. The molecule has 0 aromatic heterocycles. The first-order chi connectivity index (χ1) is 15.9. The van der Waals surface area contributed by atoms with Crippen molar-refractivity contribution in [1.29, 1.82) is 0 Å². The molecule has 0 N–H and O–H groups in total. The average molecular weight is 629 g/mol. The van der Waals surface area contributed by atoms with Crippen LogP contribution in [0.4, 0.5) is 0 Å². The van der Waals surface area contributed by atoms with Gasteiger partial charge in [0.1, 0.15) is 49.4 Å². The predicted octanol–water partition coefficient (Wildman–Crippen LogP) is 10.6. The van der Waals surface area contributed by atoms with Crippen molar-refractivity contribution < 1.29 is 0 Å². The van der Waals surface area contributed by atoms with Gasteiger partial charge in [-0.25, -0.2) is 0 Å². The van der Waals surface area contributed by atoms with E-state index < -0.39 is 57.5 Å². The van der Waals surface area contributed by atoms with Gasteiger partial charge in [0.05, 0.1) is 8.07 Å². The quantitative estimate of drug-likeness (QED) is 0.148. The summed E-state index contributed by atoms with van der Waals surface area (Å²) in [5.41, 5.74) is 0. The monoisotopic (exact) mass is 628 g/mol. The Labute approximate surface area is 243 Å². The SMILES string of the molecule is C=CC(=C)[Si](C)(C)CC[Si](C)(C)N([Si](C)(C)C)[Si](C)(C)C.C=CC(=C)[Si](C)(C)N([Si](C)(C)C)[Si](C)(C)C. The summed E-state index contributed by atoms with van der Waals surface area (Å²) in [4.78, 5) is 0.